The third kappa shape index (κ3) is 2.73. The molecule has 0 aliphatic carbocycles. The van der Waals surface area contributed by atoms with Crippen LogP contribution in [0.15, 0.2) is 30.3 Å². The van der Waals surface area contributed by atoms with E-state index in [1.807, 2.05) is 30.3 Å². The van der Waals surface area contributed by atoms with Gasteiger partial charge in [-0.3, -0.25) is 0 Å². The van der Waals surface area contributed by atoms with Crippen LogP contribution in [0.1, 0.15) is 26.6 Å². The monoisotopic (exact) mass is 245 g/mol. The maximum Gasteiger partial charge on any atom is 0.158 e. The topological polar surface area (TPSA) is 69.6 Å². The Morgan fingerprint density at radius 3 is 2.50 bits per heavy atom. The number of aromatic nitrogens is 4. The Bertz CT molecular complexity index is 498. The molecule has 0 bridgehead atoms. The number of tetrazole rings is 1. The van der Waals surface area contributed by atoms with Crippen molar-refractivity contribution in [3.05, 3.63) is 36.2 Å². The predicted molar refractivity (Wildman–Crippen MR) is 70.3 cm³/mol. The molecule has 2 N–H and O–H groups in total. The van der Waals surface area contributed by atoms with Gasteiger partial charge in [0.15, 0.2) is 5.82 Å². The van der Waals surface area contributed by atoms with Gasteiger partial charge in [-0.1, -0.05) is 39.0 Å². The highest BCUT2D eigenvalue weighted by molar-refractivity contribution is 5.30. The average Bonchev–Trinajstić information content (AvgIpc) is 2.77. The van der Waals surface area contributed by atoms with Gasteiger partial charge in [0.2, 0.25) is 0 Å². The Morgan fingerprint density at radius 2 is 1.89 bits per heavy atom. The molecule has 1 heterocycles. The van der Waals surface area contributed by atoms with Gasteiger partial charge in [0.25, 0.3) is 0 Å². The van der Waals surface area contributed by atoms with E-state index < -0.39 is 0 Å². The number of benzene rings is 1. The second kappa shape index (κ2) is 4.86. The molecule has 18 heavy (non-hydrogen) atoms. The van der Waals surface area contributed by atoms with Gasteiger partial charge in [-0.25, -0.2) is 0 Å². The molecule has 0 aliphatic heterocycles. The fourth-order valence-corrected chi connectivity index (χ4v) is 1.61. The number of nitrogens with two attached hydrogens (primary N) is 1. The zero-order valence-corrected chi connectivity index (χ0v) is 11.0. The van der Waals surface area contributed by atoms with Crippen LogP contribution in [0.3, 0.4) is 0 Å². The molecule has 2 rings (SSSR count). The lowest BCUT2D eigenvalue weighted by molar-refractivity contribution is 0.313. The molecule has 5 heteroatoms. The molecule has 0 spiro atoms. The molecule has 0 aliphatic rings. The van der Waals surface area contributed by atoms with Gasteiger partial charge in [-0.05, 0) is 28.0 Å². The van der Waals surface area contributed by atoms with Crippen molar-refractivity contribution in [2.45, 2.75) is 33.2 Å². The van der Waals surface area contributed by atoms with Crippen molar-refractivity contribution in [3.63, 3.8) is 0 Å². The highest BCUT2D eigenvalue weighted by atomic mass is 15.5. The van der Waals surface area contributed by atoms with E-state index in [9.17, 15) is 0 Å². The Balaban J connectivity index is 2.24. The van der Waals surface area contributed by atoms with E-state index in [1.54, 1.807) is 4.68 Å². The average molecular weight is 245 g/mol. The first-order valence-electron chi connectivity index (χ1n) is 6.07. The zero-order valence-electron chi connectivity index (χ0n) is 11.0. The molecular formula is C13H19N5. The third-order valence-corrected chi connectivity index (χ3v) is 3.05. The summed E-state index contributed by atoms with van der Waals surface area (Å²) in [6, 6.07) is 9.86. The van der Waals surface area contributed by atoms with E-state index >= 15 is 0 Å². The largest absolute Gasteiger partial charge is 0.327 e. The molecule has 1 aromatic heterocycles. The van der Waals surface area contributed by atoms with Crippen LogP contribution in [-0.4, -0.2) is 26.2 Å². The molecular weight excluding hydrogens is 226 g/mol. The molecule has 96 valence electrons. The molecule has 0 saturated carbocycles. The minimum atomic E-state index is 0.0194. The molecule has 2 aromatic rings. The summed E-state index contributed by atoms with van der Waals surface area (Å²) in [6.45, 7) is 6.36. The molecule has 5 nitrogen and oxygen atoms in total. The van der Waals surface area contributed by atoms with E-state index in [1.165, 1.54) is 0 Å². The summed E-state index contributed by atoms with van der Waals surface area (Å²) < 4.78 is 1.74. The maximum atomic E-state index is 6.18. The van der Waals surface area contributed by atoms with Gasteiger partial charge in [0.05, 0.1) is 5.69 Å². The van der Waals surface area contributed by atoms with Crippen LogP contribution in [0.2, 0.25) is 0 Å². The summed E-state index contributed by atoms with van der Waals surface area (Å²) in [5.74, 6) is 0.795. The highest BCUT2D eigenvalue weighted by Crippen LogP contribution is 2.20. The van der Waals surface area contributed by atoms with Crippen LogP contribution in [0.4, 0.5) is 0 Å². The van der Waals surface area contributed by atoms with E-state index in [0.29, 0.717) is 6.42 Å². The number of hydrogen-bond donors (Lipinski definition) is 1. The Morgan fingerprint density at radius 1 is 1.22 bits per heavy atom. The summed E-state index contributed by atoms with van der Waals surface area (Å²) >= 11 is 0. The van der Waals surface area contributed by atoms with Gasteiger partial charge in [-0.2, -0.15) is 4.68 Å². The van der Waals surface area contributed by atoms with Crippen molar-refractivity contribution in [3.8, 4) is 5.69 Å². The standard InChI is InChI=1S/C13H19N5/c1-13(2,3)11(14)9-12-15-16-17-18(12)10-7-5-4-6-8-10/h4-8,11H,9,14H2,1-3H3. The molecule has 0 saturated heterocycles. The van der Waals surface area contributed by atoms with Gasteiger partial charge >= 0.3 is 0 Å². The lowest BCUT2D eigenvalue weighted by Crippen LogP contribution is -2.37. The van der Waals surface area contributed by atoms with Crippen molar-refractivity contribution >= 4 is 0 Å². The Kier molecular flexibility index (Phi) is 3.43. The molecule has 0 radical (unpaired) electrons. The number of para-hydroxylation sites is 1. The summed E-state index contributed by atoms with van der Waals surface area (Å²) in [6.07, 6.45) is 0.658. The molecule has 1 aromatic carbocycles. The second-order valence-corrected chi connectivity index (χ2v) is 5.52. The van der Waals surface area contributed by atoms with Crippen molar-refractivity contribution in [1.82, 2.24) is 20.2 Å². The van der Waals surface area contributed by atoms with Gasteiger partial charge < -0.3 is 5.73 Å². The number of nitrogens with zero attached hydrogens (tertiary/aromatic N) is 4. The van der Waals surface area contributed by atoms with Gasteiger partial charge in [-0.15, -0.1) is 5.10 Å². The number of hydrogen-bond acceptors (Lipinski definition) is 4. The highest BCUT2D eigenvalue weighted by Gasteiger charge is 2.23. The summed E-state index contributed by atoms with van der Waals surface area (Å²) in [5, 5.41) is 11.8. The van der Waals surface area contributed by atoms with Crippen molar-refractivity contribution in [2.75, 3.05) is 0 Å². The number of rotatable bonds is 3. The second-order valence-electron chi connectivity index (χ2n) is 5.52. The molecule has 0 amide bonds. The summed E-state index contributed by atoms with van der Waals surface area (Å²) in [4.78, 5) is 0. The van der Waals surface area contributed by atoms with Crippen LogP contribution < -0.4 is 5.73 Å². The molecule has 1 atom stereocenters. The first kappa shape index (κ1) is 12.7. The summed E-state index contributed by atoms with van der Waals surface area (Å²) in [5.41, 5.74) is 7.17. The van der Waals surface area contributed by atoms with Crippen LogP contribution >= 0.6 is 0 Å². The first-order valence-corrected chi connectivity index (χ1v) is 6.07. The minimum Gasteiger partial charge on any atom is -0.327 e. The normalized spacial score (nSPS) is 13.6. The minimum absolute atomic E-state index is 0.0194. The van der Waals surface area contributed by atoms with Gasteiger partial charge in [0.1, 0.15) is 0 Å². The van der Waals surface area contributed by atoms with E-state index in [-0.39, 0.29) is 11.5 Å². The fourth-order valence-electron chi connectivity index (χ4n) is 1.61. The first-order chi connectivity index (χ1) is 8.48. The predicted octanol–water partition coefficient (Wildman–Crippen LogP) is 1.58. The SMILES string of the molecule is CC(C)(C)C(N)Cc1nnnn1-c1ccccc1. The van der Waals surface area contributed by atoms with E-state index in [0.717, 1.165) is 11.5 Å². The fraction of sp³-hybridized carbons (Fsp3) is 0.462. The lowest BCUT2D eigenvalue weighted by Gasteiger charge is -2.26. The zero-order chi connectivity index (χ0) is 13.2. The lowest BCUT2D eigenvalue weighted by atomic mass is 9.85. The quantitative estimate of drug-likeness (QED) is 0.891. The van der Waals surface area contributed by atoms with Crippen LogP contribution in [-0.2, 0) is 6.42 Å². The third-order valence-electron chi connectivity index (χ3n) is 3.05. The van der Waals surface area contributed by atoms with Gasteiger partial charge in [0, 0.05) is 12.5 Å². The van der Waals surface area contributed by atoms with Crippen LogP contribution in [0.5, 0.6) is 0 Å². The van der Waals surface area contributed by atoms with Crippen molar-refractivity contribution in [1.29, 1.82) is 0 Å². The van der Waals surface area contributed by atoms with E-state index in [2.05, 4.69) is 36.3 Å². The Hall–Kier alpha value is -1.75. The Labute approximate surface area is 107 Å². The van der Waals surface area contributed by atoms with E-state index in [4.69, 9.17) is 5.73 Å². The van der Waals surface area contributed by atoms with Crippen molar-refractivity contribution in [2.24, 2.45) is 11.1 Å². The van der Waals surface area contributed by atoms with Crippen LogP contribution in [0, 0.1) is 5.41 Å². The summed E-state index contributed by atoms with van der Waals surface area (Å²) in [7, 11) is 0. The van der Waals surface area contributed by atoms with Crippen molar-refractivity contribution < 1.29 is 0 Å². The molecule has 0 fully saturated rings. The maximum absolute atomic E-state index is 6.18. The molecule has 1 unspecified atom stereocenters. The van der Waals surface area contributed by atoms with Crippen LogP contribution in [0.25, 0.3) is 5.69 Å². The smallest absolute Gasteiger partial charge is 0.158 e.